The van der Waals surface area contributed by atoms with E-state index < -0.39 is 6.36 Å². The fourth-order valence-electron chi connectivity index (χ4n) is 2.32. The first kappa shape index (κ1) is 21.4. The van der Waals surface area contributed by atoms with E-state index >= 15 is 0 Å². The SMILES string of the molecule is COc1cc(OC)c(OC)cc1CNC(=S)Nc1ccc(OC(F)(F)F)cc1. The van der Waals surface area contributed by atoms with E-state index in [1.807, 2.05) is 0 Å². The van der Waals surface area contributed by atoms with Crippen LogP contribution in [0.3, 0.4) is 0 Å². The van der Waals surface area contributed by atoms with E-state index in [1.165, 1.54) is 45.6 Å². The van der Waals surface area contributed by atoms with Crippen LogP contribution in [-0.4, -0.2) is 32.8 Å². The fourth-order valence-corrected chi connectivity index (χ4v) is 2.51. The van der Waals surface area contributed by atoms with Gasteiger partial charge in [0.25, 0.3) is 0 Å². The molecule has 0 fully saturated rings. The number of hydrogen-bond acceptors (Lipinski definition) is 5. The van der Waals surface area contributed by atoms with Crippen molar-refractivity contribution in [2.75, 3.05) is 26.6 Å². The topological polar surface area (TPSA) is 61.0 Å². The van der Waals surface area contributed by atoms with E-state index in [1.54, 1.807) is 12.1 Å². The van der Waals surface area contributed by atoms with E-state index in [4.69, 9.17) is 26.4 Å². The van der Waals surface area contributed by atoms with Gasteiger partial charge < -0.3 is 29.6 Å². The zero-order chi connectivity index (χ0) is 20.7. The van der Waals surface area contributed by atoms with Crippen molar-refractivity contribution in [3.8, 4) is 23.0 Å². The number of hydrogen-bond donors (Lipinski definition) is 2. The number of anilines is 1. The Balaban J connectivity index is 1.99. The van der Waals surface area contributed by atoms with Crippen molar-refractivity contribution >= 4 is 23.0 Å². The van der Waals surface area contributed by atoms with Crippen LogP contribution < -0.4 is 29.6 Å². The van der Waals surface area contributed by atoms with Crippen molar-refractivity contribution in [3.05, 3.63) is 42.0 Å². The maximum Gasteiger partial charge on any atom is 0.573 e. The normalized spacial score (nSPS) is 10.8. The highest BCUT2D eigenvalue weighted by atomic mass is 32.1. The molecule has 28 heavy (non-hydrogen) atoms. The molecule has 0 aliphatic carbocycles. The van der Waals surface area contributed by atoms with Crippen LogP contribution in [0.15, 0.2) is 36.4 Å². The van der Waals surface area contributed by atoms with Crippen molar-refractivity contribution in [1.29, 1.82) is 0 Å². The van der Waals surface area contributed by atoms with Gasteiger partial charge in [0.2, 0.25) is 0 Å². The number of benzene rings is 2. The lowest BCUT2D eigenvalue weighted by Gasteiger charge is -2.16. The molecule has 2 rings (SSSR count). The van der Waals surface area contributed by atoms with E-state index in [2.05, 4.69) is 15.4 Å². The molecular formula is C18H19F3N2O4S. The number of alkyl halides is 3. The summed E-state index contributed by atoms with van der Waals surface area (Å²) in [7, 11) is 4.59. The average Bonchev–Trinajstić information content (AvgIpc) is 2.66. The van der Waals surface area contributed by atoms with Gasteiger partial charge in [-0.05, 0) is 42.5 Å². The molecule has 0 radical (unpaired) electrons. The second kappa shape index (κ2) is 9.36. The van der Waals surface area contributed by atoms with Gasteiger partial charge in [-0.25, -0.2) is 0 Å². The van der Waals surface area contributed by atoms with Crippen LogP contribution >= 0.6 is 12.2 Å². The Morgan fingerprint density at radius 3 is 2.04 bits per heavy atom. The first-order valence-electron chi connectivity index (χ1n) is 7.95. The molecule has 0 saturated carbocycles. The molecular weight excluding hydrogens is 397 g/mol. The maximum atomic E-state index is 12.2. The van der Waals surface area contributed by atoms with Gasteiger partial charge in [-0.2, -0.15) is 0 Å². The largest absolute Gasteiger partial charge is 0.573 e. The molecule has 0 heterocycles. The molecule has 0 saturated heterocycles. The molecule has 152 valence electrons. The number of ether oxygens (including phenoxy) is 4. The molecule has 0 amide bonds. The predicted molar refractivity (Wildman–Crippen MR) is 102 cm³/mol. The number of thiocarbonyl (C=S) groups is 1. The molecule has 10 heteroatoms. The smallest absolute Gasteiger partial charge is 0.496 e. The minimum atomic E-state index is -4.73. The molecule has 2 aromatic rings. The van der Waals surface area contributed by atoms with Crippen molar-refractivity contribution in [2.45, 2.75) is 12.9 Å². The molecule has 0 bridgehead atoms. The third kappa shape index (κ3) is 6.08. The summed E-state index contributed by atoms with van der Waals surface area (Å²) >= 11 is 5.21. The first-order valence-corrected chi connectivity index (χ1v) is 8.36. The summed E-state index contributed by atoms with van der Waals surface area (Å²) in [6.45, 7) is 0.324. The molecule has 2 aromatic carbocycles. The Hall–Kier alpha value is -2.88. The Morgan fingerprint density at radius 1 is 0.929 bits per heavy atom. The third-order valence-electron chi connectivity index (χ3n) is 3.57. The molecule has 0 spiro atoms. The summed E-state index contributed by atoms with van der Waals surface area (Å²) in [6.07, 6.45) is -4.73. The van der Waals surface area contributed by atoms with Crippen molar-refractivity contribution in [2.24, 2.45) is 0 Å². The summed E-state index contributed by atoms with van der Waals surface area (Å²) in [5.41, 5.74) is 1.28. The lowest BCUT2D eigenvalue weighted by Crippen LogP contribution is -2.28. The van der Waals surface area contributed by atoms with Crippen molar-refractivity contribution in [3.63, 3.8) is 0 Å². The molecule has 0 aliphatic heterocycles. The molecule has 6 nitrogen and oxygen atoms in total. The van der Waals surface area contributed by atoms with Crippen LogP contribution in [0.25, 0.3) is 0 Å². The average molecular weight is 416 g/mol. The molecule has 0 aliphatic rings. The summed E-state index contributed by atoms with van der Waals surface area (Å²) in [5, 5.41) is 6.15. The van der Waals surface area contributed by atoms with Gasteiger partial charge in [0.05, 0.1) is 21.3 Å². The van der Waals surface area contributed by atoms with Crippen LogP contribution in [0, 0.1) is 0 Å². The zero-order valence-electron chi connectivity index (χ0n) is 15.3. The fraction of sp³-hybridized carbons (Fsp3) is 0.278. The molecule has 0 unspecified atom stereocenters. The highest BCUT2D eigenvalue weighted by Gasteiger charge is 2.30. The van der Waals surface area contributed by atoms with Gasteiger partial charge in [0.15, 0.2) is 16.6 Å². The van der Waals surface area contributed by atoms with E-state index in [-0.39, 0.29) is 10.9 Å². The van der Waals surface area contributed by atoms with Crippen LogP contribution in [0.5, 0.6) is 23.0 Å². The minimum Gasteiger partial charge on any atom is -0.496 e. The lowest BCUT2D eigenvalue weighted by atomic mass is 10.1. The summed E-state index contributed by atoms with van der Waals surface area (Å²) in [6, 6.07) is 8.69. The van der Waals surface area contributed by atoms with Gasteiger partial charge in [-0.1, -0.05) is 0 Å². The molecule has 0 atom stereocenters. The van der Waals surface area contributed by atoms with Crippen LogP contribution in [0.1, 0.15) is 5.56 Å². The summed E-state index contributed by atoms with van der Waals surface area (Å²) in [4.78, 5) is 0. The highest BCUT2D eigenvalue weighted by molar-refractivity contribution is 7.80. The van der Waals surface area contributed by atoms with E-state index in [9.17, 15) is 13.2 Å². The summed E-state index contributed by atoms with van der Waals surface area (Å²) in [5.74, 6) is 1.35. The van der Waals surface area contributed by atoms with Crippen LogP contribution in [0.2, 0.25) is 0 Å². The Kier molecular flexibility index (Phi) is 7.16. The Bertz CT molecular complexity index is 814. The van der Waals surface area contributed by atoms with Gasteiger partial charge >= 0.3 is 6.36 Å². The number of halogens is 3. The maximum absolute atomic E-state index is 12.2. The minimum absolute atomic E-state index is 0.279. The molecule has 2 N–H and O–H groups in total. The Morgan fingerprint density at radius 2 is 1.50 bits per heavy atom. The summed E-state index contributed by atoms with van der Waals surface area (Å²) < 4.78 is 56.2. The van der Waals surface area contributed by atoms with E-state index in [0.717, 1.165) is 5.56 Å². The Labute approximate surface area is 165 Å². The second-order valence-electron chi connectivity index (χ2n) is 5.40. The standard InChI is InChI=1S/C18H19F3N2O4S/c1-24-14-9-16(26-3)15(25-2)8-11(14)10-22-17(28)23-12-4-6-13(7-5-12)27-18(19,20)21/h4-9H,10H2,1-3H3,(H2,22,23,28). The third-order valence-corrected chi connectivity index (χ3v) is 3.82. The predicted octanol–water partition coefficient (Wildman–Crippen LogP) is 4.10. The first-order chi connectivity index (χ1) is 13.3. The monoisotopic (exact) mass is 416 g/mol. The van der Waals surface area contributed by atoms with Gasteiger partial charge in [0.1, 0.15) is 11.5 Å². The lowest BCUT2D eigenvalue weighted by molar-refractivity contribution is -0.274. The second-order valence-corrected chi connectivity index (χ2v) is 5.81. The molecule has 0 aromatic heterocycles. The van der Waals surface area contributed by atoms with E-state index in [0.29, 0.717) is 29.5 Å². The number of rotatable bonds is 7. The highest BCUT2D eigenvalue weighted by Crippen LogP contribution is 2.34. The zero-order valence-corrected chi connectivity index (χ0v) is 16.2. The van der Waals surface area contributed by atoms with Crippen LogP contribution in [-0.2, 0) is 6.54 Å². The van der Waals surface area contributed by atoms with Gasteiger partial charge in [-0.15, -0.1) is 13.2 Å². The van der Waals surface area contributed by atoms with Crippen LogP contribution in [0.4, 0.5) is 18.9 Å². The van der Waals surface area contributed by atoms with Crippen molar-refractivity contribution < 1.29 is 32.1 Å². The van der Waals surface area contributed by atoms with Crippen molar-refractivity contribution in [1.82, 2.24) is 5.32 Å². The quantitative estimate of drug-likeness (QED) is 0.659. The van der Waals surface area contributed by atoms with Gasteiger partial charge in [-0.3, -0.25) is 0 Å². The number of methoxy groups -OCH3 is 3. The number of nitrogens with one attached hydrogen (secondary N) is 2. The van der Waals surface area contributed by atoms with Gasteiger partial charge in [0, 0.05) is 23.9 Å².